The van der Waals surface area contributed by atoms with Gasteiger partial charge >= 0.3 is 0 Å². The fourth-order valence-electron chi connectivity index (χ4n) is 2.57. The number of amides is 1. The van der Waals surface area contributed by atoms with E-state index in [0.717, 1.165) is 15.9 Å². The Balaban J connectivity index is 2.19. The fraction of sp³-hybridized carbons (Fsp3) is 0.235. The second-order valence-corrected chi connectivity index (χ2v) is 7.19. The first-order chi connectivity index (χ1) is 12.0. The molecule has 0 spiro atoms. The van der Waals surface area contributed by atoms with Crippen molar-refractivity contribution < 1.29 is 4.79 Å². The fourth-order valence-corrected chi connectivity index (χ4v) is 4.23. The molecule has 1 amide bonds. The minimum Gasteiger partial charge on any atom is -0.311 e. The number of carbonyl (C=O) groups is 1. The molecule has 0 aliphatic rings. The van der Waals surface area contributed by atoms with Crippen LogP contribution in [0, 0.1) is 6.92 Å². The lowest BCUT2D eigenvalue weighted by molar-refractivity contribution is 0.0992. The van der Waals surface area contributed by atoms with Gasteiger partial charge in [-0.2, -0.15) is 10.1 Å². The SMILES string of the molecule is C=CCn1c(=NC(=O)c2cc(C)n(CC)n2)sc2c(Cl)ccc(Cl)c21. The Labute approximate surface area is 158 Å². The summed E-state index contributed by atoms with van der Waals surface area (Å²) in [6.45, 7) is 8.81. The molecule has 0 atom stereocenters. The highest BCUT2D eigenvalue weighted by molar-refractivity contribution is 7.17. The summed E-state index contributed by atoms with van der Waals surface area (Å²) < 4.78 is 4.39. The second kappa shape index (κ2) is 7.15. The number of benzene rings is 1. The van der Waals surface area contributed by atoms with Gasteiger partial charge < -0.3 is 4.57 Å². The summed E-state index contributed by atoms with van der Waals surface area (Å²) in [5.41, 5.74) is 1.99. The molecule has 1 aromatic carbocycles. The Morgan fingerprint density at radius 1 is 1.40 bits per heavy atom. The van der Waals surface area contributed by atoms with E-state index in [1.54, 1.807) is 29.0 Å². The number of rotatable bonds is 4. The van der Waals surface area contributed by atoms with Gasteiger partial charge in [0.1, 0.15) is 0 Å². The van der Waals surface area contributed by atoms with Crippen molar-refractivity contribution in [3.8, 4) is 0 Å². The lowest BCUT2D eigenvalue weighted by Crippen LogP contribution is -2.16. The molecular weight excluding hydrogens is 379 g/mol. The third kappa shape index (κ3) is 3.29. The van der Waals surface area contributed by atoms with Crippen molar-refractivity contribution >= 4 is 50.7 Å². The largest absolute Gasteiger partial charge is 0.311 e. The normalized spacial score (nSPS) is 12.1. The highest BCUT2D eigenvalue weighted by Crippen LogP contribution is 2.31. The van der Waals surface area contributed by atoms with Crippen molar-refractivity contribution in [3.05, 3.63) is 57.1 Å². The van der Waals surface area contributed by atoms with Crippen LogP contribution in [-0.2, 0) is 13.1 Å². The molecule has 0 bridgehead atoms. The van der Waals surface area contributed by atoms with Crippen LogP contribution in [-0.4, -0.2) is 20.3 Å². The molecule has 8 heteroatoms. The van der Waals surface area contributed by atoms with E-state index in [4.69, 9.17) is 23.2 Å². The summed E-state index contributed by atoms with van der Waals surface area (Å²) in [5.74, 6) is -0.396. The molecule has 0 aliphatic heterocycles. The quantitative estimate of drug-likeness (QED) is 0.613. The Hall–Kier alpha value is -1.89. The molecule has 3 rings (SSSR count). The van der Waals surface area contributed by atoms with Crippen LogP contribution in [0.25, 0.3) is 10.2 Å². The molecule has 0 radical (unpaired) electrons. The predicted molar refractivity (Wildman–Crippen MR) is 103 cm³/mol. The number of fused-ring (bicyclic) bond motifs is 1. The standard InChI is InChI=1S/C17H16Cl2N4OS/c1-4-8-22-14-11(18)6-7-12(19)15(14)25-17(22)20-16(24)13-9-10(3)23(5-2)21-13/h4,6-7,9H,1,5,8H2,2-3H3. The molecule has 3 aromatic rings. The van der Waals surface area contributed by atoms with E-state index in [0.29, 0.717) is 33.6 Å². The van der Waals surface area contributed by atoms with Crippen LogP contribution < -0.4 is 4.80 Å². The molecule has 0 fully saturated rings. The number of thiazole rings is 1. The average molecular weight is 395 g/mol. The van der Waals surface area contributed by atoms with E-state index >= 15 is 0 Å². The second-order valence-electron chi connectivity index (χ2n) is 5.39. The van der Waals surface area contributed by atoms with Gasteiger partial charge in [0.2, 0.25) is 0 Å². The number of halogens is 2. The van der Waals surface area contributed by atoms with Crippen LogP contribution in [0.1, 0.15) is 23.1 Å². The summed E-state index contributed by atoms with van der Waals surface area (Å²) in [6.07, 6.45) is 1.73. The van der Waals surface area contributed by atoms with Crippen molar-refractivity contribution in [1.29, 1.82) is 0 Å². The third-order valence-electron chi connectivity index (χ3n) is 3.74. The van der Waals surface area contributed by atoms with E-state index in [9.17, 15) is 4.79 Å². The van der Waals surface area contributed by atoms with Crippen molar-refractivity contribution in [2.24, 2.45) is 4.99 Å². The summed E-state index contributed by atoms with van der Waals surface area (Å²) in [7, 11) is 0. The van der Waals surface area contributed by atoms with Crippen molar-refractivity contribution in [3.63, 3.8) is 0 Å². The highest BCUT2D eigenvalue weighted by atomic mass is 35.5. The Morgan fingerprint density at radius 3 is 2.76 bits per heavy atom. The van der Waals surface area contributed by atoms with E-state index < -0.39 is 5.91 Å². The monoisotopic (exact) mass is 394 g/mol. The zero-order chi connectivity index (χ0) is 18.1. The van der Waals surface area contributed by atoms with Gasteiger partial charge in [-0.15, -0.1) is 6.58 Å². The first-order valence-corrected chi connectivity index (χ1v) is 9.25. The number of nitrogens with zero attached hydrogens (tertiary/aromatic N) is 4. The van der Waals surface area contributed by atoms with E-state index in [1.807, 2.05) is 18.4 Å². The van der Waals surface area contributed by atoms with Gasteiger partial charge in [-0.05, 0) is 32.0 Å². The minimum absolute atomic E-state index is 0.319. The topological polar surface area (TPSA) is 52.2 Å². The number of aryl methyl sites for hydroxylation is 2. The summed E-state index contributed by atoms with van der Waals surface area (Å²) in [5, 5.41) is 5.41. The third-order valence-corrected chi connectivity index (χ3v) is 5.58. The lowest BCUT2D eigenvalue weighted by atomic mass is 10.3. The van der Waals surface area contributed by atoms with E-state index in [2.05, 4.69) is 16.7 Å². The molecule has 0 unspecified atom stereocenters. The summed E-state index contributed by atoms with van der Waals surface area (Å²) in [6, 6.07) is 5.20. The molecule has 0 saturated heterocycles. The van der Waals surface area contributed by atoms with E-state index in [-0.39, 0.29) is 0 Å². The van der Waals surface area contributed by atoms with Gasteiger partial charge in [-0.3, -0.25) is 9.48 Å². The molecule has 2 aromatic heterocycles. The molecular formula is C17H16Cl2N4OS. The van der Waals surface area contributed by atoms with Gasteiger partial charge in [0.05, 0.1) is 20.3 Å². The maximum Gasteiger partial charge on any atom is 0.300 e. The van der Waals surface area contributed by atoms with Crippen LogP contribution in [0.3, 0.4) is 0 Å². The van der Waals surface area contributed by atoms with Crippen LogP contribution in [0.5, 0.6) is 0 Å². The first kappa shape index (κ1) is 17.9. The molecule has 130 valence electrons. The molecule has 0 N–H and O–H groups in total. The van der Waals surface area contributed by atoms with Crippen LogP contribution in [0.2, 0.25) is 10.0 Å². The van der Waals surface area contributed by atoms with Gasteiger partial charge in [-0.1, -0.05) is 40.6 Å². The Morgan fingerprint density at radius 2 is 2.12 bits per heavy atom. The maximum atomic E-state index is 12.6. The molecule has 0 saturated carbocycles. The Bertz CT molecular complexity index is 1050. The Kier molecular flexibility index (Phi) is 5.13. The van der Waals surface area contributed by atoms with Gasteiger partial charge in [0, 0.05) is 18.8 Å². The average Bonchev–Trinajstić information content (AvgIpc) is 3.13. The van der Waals surface area contributed by atoms with E-state index in [1.165, 1.54) is 11.3 Å². The van der Waals surface area contributed by atoms with Gasteiger partial charge in [-0.25, -0.2) is 0 Å². The number of allylic oxidation sites excluding steroid dienone is 1. The maximum absolute atomic E-state index is 12.6. The molecule has 25 heavy (non-hydrogen) atoms. The molecule has 0 aliphatic carbocycles. The first-order valence-electron chi connectivity index (χ1n) is 7.68. The van der Waals surface area contributed by atoms with Gasteiger partial charge in [0.25, 0.3) is 5.91 Å². The number of hydrogen-bond donors (Lipinski definition) is 0. The number of hydrogen-bond acceptors (Lipinski definition) is 3. The van der Waals surface area contributed by atoms with Crippen LogP contribution >= 0.6 is 34.5 Å². The van der Waals surface area contributed by atoms with Crippen molar-refractivity contribution in [2.45, 2.75) is 26.9 Å². The number of carbonyl (C=O) groups excluding carboxylic acids is 1. The van der Waals surface area contributed by atoms with Crippen molar-refractivity contribution in [1.82, 2.24) is 14.3 Å². The van der Waals surface area contributed by atoms with Gasteiger partial charge in [0.15, 0.2) is 10.5 Å². The zero-order valence-corrected chi connectivity index (χ0v) is 16.1. The number of aromatic nitrogens is 3. The van der Waals surface area contributed by atoms with Crippen LogP contribution in [0.15, 0.2) is 35.8 Å². The predicted octanol–water partition coefficient (Wildman–Crippen LogP) is 4.46. The van der Waals surface area contributed by atoms with Crippen molar-refractivity contribution in [2.75, 3.05) is 0 Å². The highest BCUT2D eigenvalue weighted by Gasteiger charge is 2.15. The van der Waals surface area contributed by atoms with Crippen LogP contribution in [0.4, 0.5) is 0 Å². The molecule has 5 nitrogen and oxygen atoms in total. The molecule has 2 heterocycles. The smallest absolute Gasteiger partial charge is 0.300 e. The summed E-state index contributed by atoms with van der Waals surface area (Å²) >= 11 is 13.9. The lowest BCUT2D eigenvalue weighted by Gasteiger charge is -2.03. The summed E-state index contributed by atoms with van der Waals surface area (Å²) in [4.78, 5) is 17.3. The minimum atomic E-state index is -0.396. The zero-order valence-electron chi connectivity index (χ0n) is 13.8.